The second-order valence-corrected chi connectivity index (χ2v) is 6.49. The third-order valence-corrected chi connectivity index (χ3v) is 4.87. The summed E-state index contributed by atoms with van der Waals surface area (Å²) in [6.07, 6.45) is 1.71. The Kier molecular flexibility index (Phi) is 4.97. The van der Waals surface area contributed by atoms with Gasteiger partial charge in [0, 0.05) is 12.1 Å². The van der Waals surface area contributed by atoms with Gasteiger partial charge in [-0.25, -0.2) is 0 Å². The monoisotopic (exact) mass is 379 g/mol. The lowest BCUT2D eigenvalue weighted by Gasteiger charge is -2.28. The number of hydrogen-bond acceptors (Lipinski definition) is 6. The molecule has 1 aromatic heterocycles. The summed E-state index contributed by atoms with van der Waals surface area (Å²) in [6, 6.07) is 13.1. The molecule has 0 bridgehead atoms. The molecule has 3 aromatic rings. The Labute approximate surface area is 162 Å². The molecule has 2 heterocycles. The minimum Gasteiger partial charge on any atom is -0.493 e. The van der Waals surface area contributed by atoms with Gasteiger partial charge in [-0.05, 0) is 36.2 Å². The first-order valence-electron chi connectivity index (χ1n) is 9.16. The van der Waals surface area contributed by atoms with Crippen LogP contribution < -0.4 is 9.47 Å². The molecule has 0 aliphatic carbocycles. The molecule has 0 saturated carbocycles. The molecule has 0 spiro atoms. The average molecular weight is 379 g/mol. The van der Waals surface area contributed by atoms with E-state index in [1.54, 1.807) is 7.11 Å². The highest BCUT2D eigenvalue weighted by atomic mass is 16.5. The van der Waals surface area contributed by atoms with E-state index >= 15 is 0 Å². The Bertz CT molecular complexity index is 972. The maximum atomic E-state index is 13.1. The van der Waals surface area contributed by atoms with Crippen LogP contribution in [0.2, 0.25) is 0 Å². The van der Waals surface area contributed by atoms with Crippen LogP contribution >= 0.6 is 0 Å². The van der Waals surface area contributed by atoms with Gasteiger partial charge in [0.05, 0.1) is 26.2 Å². The van der Waals surface area contributed by atoms with Crippen LogP contribution in [-0.2, 0) is 13.0 Å². The predicted molar refractivity (Wildman–Crippen MR) is 101 cm³/mol. The SMILES string of the molecule is CCOc1cc([C@H](Cc2nnco2)N2Cc3ccccc3C2=O)ccc1OC. The van der Waals surface area contributed by atoms with E-state index in [-0.39, 0.29) is 11.9 Å². The Hall–Kier alpha value is -3.35. The molecule has 28 heavy (non-hydrogen) atoms. The average Bonchev–Trinajstić information content (AvgIpc) is 3.35. The van der Waals surface area contributed by atoms with Crippen LogP contribution in [0.4, 0.5) is 0 Å². The third kappa shape index (κ3) is 3.31. The quantitative estimate of drug-likeness (QED) is 0.626. The molecule has 0 radical (unpaired) electrons. The van der Waals surface area contributed by atoms with E-state index in [1.165, 1.54) is 6.39 Å². The second kappa shape index (κ2) is 7.72. The lowest BCUT2D eigenvalue weighted by Crippen LogP contribution is -2.30. The Balaban J connectivity index is 1.73. The van der Waals surface area contributed by atoms with Crippen LogP contribution in [0.5, 0.6) is 11.5 Å². The number of methoxy groups -OCH3 is 1. The molecule has 7 heteroatoms. The Morgan fingerprint density at radius 1 is 1.21 bits per heavy atom. The maximum Gasteiger partial charge on any atom is 0.255 e. The number of fused-ring (bicyclic) bond motifs is 1. The molecule has 4 rings (SSSR count). The summed E-state index contributed by atoms with van der Waals surface area (Å²) in [5.74, 6) is 1.76. The third-order valence-electron chi connectivity index (χ3n) is 4.87. The summed E-state index contributed by atoms with van der Waals surface area (Å²) in [6.45, 7) is 2.97. The van der Waals surface area contributed by atoms with Gasteiger partial charge >= 0.3 is 0 Å². The number of carbonyl (C=O) groups is 1. The number of ether oxygens (including phenoxy) is 2. The molecule has 0 fully saturated rings. The highest BCUT2D eigenvalue weighted by molar-refractivity contribution is 5.98. The molecule has 0 saturated heterocycles. The van der Waals surface area contributed by atoms with Crippen LogP contribution in [0.1, 0.15) is 40.3 Å². The van der Waals surface area contributed by atoms with E-state index < -0.39 is 0 Å². The first-order chi connectivity index (χ1) is 13.7. The largest absolute Gasteiger partial charge is 0.493 e. The minimum absolute atomic E-state index is 0.00565. The van der Waals surface area contributed by atoms with Crippen molar-refractivity contribution >= 4 is 5.91 Å². The zero-order chi connectivity index (χ0) is 19.5. The second-order valence-electron chi connectivity index (χ2n) is 6.49. The predicted octanol–water partition coefficient (Wildman–Crippen LogP) is 3.42. The van der Waals surface area contributed by atoms with Gasteiger partial charge in [0.15, 0.2) is 11.5 Å². The minimum atomic E-state index is -0.273. The van der Waals surface area contributed by atoms with Crippen molar-refractivity contribution in [3.63, 3.8) is 0 Å². The highest BCUT2D eigenvalue weighted by Crippen LogP contribution is 2.37. The van der Waals surface area contributed by atoms with Gasteiger partial charge < -0.3 is 18.8 Å². The van der Waals surface area contributed by atoms with Gasteiger partial charge in [0.2, 0.25) is 12.3 Å². The summed E-state index contributed by atoms with van der Waals surface area (Å²) < 4.78 is 16.5. The van der Waals surface area contributed by atoms with E-state index in [4.69, 9.17) is 13.9 Å². The number of aromatic nitrogens is 2. The molecule has 1 aliphatic heterocycles. The number of amides is 1. The van der Waals surface area contributed by atoms with E-state index in [0.717, 1.165) is 16.7 Å². The molecule has 1 atom stereocenters. The summed E-state index contributed by atoms with van der Waals surface area (Å²) in [4.78, 5) is 14.9. The number of nitrogens with zero attached hydrogens (tertiary/aromatic N) is 3. The molecule has 1 amide bonds. The molecule has 7 nitrogen and oxygen atoms in total. The number of benzene rings is 2. The number of carbonyl (C=O) groups excluding carboxylic acids is 1. The molecular weight excluding hydrogens is 358 g/mol. The van der Waals surface area contributed by atoms with Crippen molar-refractivity contribution in [3.05, 3.63) is 71.4 Å². The van der Waals surface area contributed by atoms with Crippen LogP contribution in [0.15, 0.2) is 53.3 Å². The van der Waals surface area contributed by atoms with Crippen LogP contribution in [0.3, 0.4) is 0 Å². The Morgan fingerprint density at radius 3 is 2.79 bits per heavy atom. The highest BCUT2D eigenvalue weighted by Gasteiger charge is 2.34. The van der Waals surface area contributed by atoms with E-state index in [2.05, 4.69) is 10.2 Å². The lowest BCUT2D eigenvalue weighted by atomic mass is 10.0. The van der Waals surface area contributed by atoms with Gasteiger partial charge in [-0.15, -0.1) is 10.2 Å². The zero-order valence-electron chi connectivity index (χ0n) is 15.8. The number of rotatable bonds is 7. The van der Waals surface area contributed by atoms with E-state index in [0.29, 0.717) is 37.0 Å². The lowest BCUT2D eigenvalue weighted by molar-refractivity contribution is 0.0693. The van der Waals surface area contributed by atoms with Crippen molar-refractivity contribution in [1.82, 2.24) is 15.1 Å². The molecular formula is C21H21N3O4. The normalized spacial score (nSPS) is 14.1. The van der Waals surface area contributed by atoms with Crippen molar-refractivity contribution < 1.29 is 18.7 Å². The summed E-state index contributed by atoms with van der Waals surface area (Å²) in [5, 5.41) is 7.77. The van der Waals surface area contributed by atoms with Gasteiger partial charge in [-0.2, -0.15) is 0 Å². The maximum absolute atomic E-state index is 13.1. The van der Waals surface area contributed by atoms with Crippen molar-refractivity contribution in [1.29, 1.82) is 0 Å². The van der Waals surface area contributed by atoms with Crippen LogP contribution in [0.25, 0.3) is 0 Å². The standard InChI is InChI=1S/C21H21N3O4/c1-3-27-19-10-14(8-9-18(19)26-2)17(11-20-23-22-13-28-20)24-12-15-6-4-5-7-16(15)21(24)25/h4-10,13,17H,3,11-12H2,1-2H3/t17-/m0/s1. The summed E-state index contributed by atoms with van der Waals surface area (Å²) in [7, 11) is 1.61. The topological polar surface area (TPSA) is 77.7 Å². The molecule has 0 unspecified atom stereocenters. The van der Waals surface area contributed by atoms with E-state index in [9.17, 15) is 4.79 Å². The summed E-state index contributed by atoms with van der Waals surface area (Å²) >= 11 is 0. The zero-order valence-corrected chi connectivity index (χ0v) is 15.8. The van der Waals surface area contributed by atoms with Gasteiger partial charge in [-0.1, -0.05) is 24.3 Å². The van der Waals surface area contributed by atoms with Gasteiger partial charge in [0.25, 0.3) is 5.91 Å². The fraction of sp³-hybridized carbons (Fsp3) is 0.286. The first kappa shape index (κ1) is 18.0. The van der Waals surface area contributed by atoms with E-state index in [1.807, 2.05) is 54.3 Å². The fourth-order valence-electron chi connectivity index (χ4n) is 3.56. The smallest absolute Gasteiger partial charge is 0.255 e. The molecule has 2 aromatic carbocycles. The molecule has 1 aliphatic rings. The molecule has 0 N–H and O–H groups in total. The summed E-state index contributed by atoms with van der Waals surface area (Å²) in [5.41, 5.74) is 2.67. The van der Waals surface area contributed by atoms with Crippen molar-refractivity contribution in [2.24, 2.45) is 0 Å². The van der Waals surface area contributed by atoms with Crippen LogP contribution in [0, 0.1) is 0 Å². The van der Waals surface area contributed by atoms with Crippen molar-refractivity contribution in [2.45, 2.75) is 25.9 Å². The Morgan fingerprint density at radius 2 is 2.07 bits per heavy atom. The first-order valence-corrected chi connectivity index (χ1v) is 9.16. The van der Waals surface area contributed by atoms with Gasteiger partial charge in [-0.3, -0.25) is 4.79 Å². The number of hydrogen-bond donors (Lipinski definition) is 0. The van der Waals surface area contributed by atoms with Crippen molar-refractivity contribution in [3.8, 4) is 11.5 Å². The molecule has 144 valence electrons. The van der Waals surface area contributed by atoms with Crippen molar-refractivity contribution in [2.75, 3.05) is 13.7 Å². The van der Waals surface area contributed by atoms with Gasteiger partial charge in [0.1, 0.15) is 0 Å². The fourth-order valence-corrected chi connectivity index (χ4v) is 3.56. The van der Waals surface area contributed by atoms with Crippen LogP contribution in [-0.4, -0.2) is 34.7 Å².